The summed E-state index contributed by atoms with van der Waals surface area (Å²) in [5, 5.41) is 1.98. The average molecular weight is 421 g/mol. The van der Waals surface area contributed by atoms with Gasteiger partial charge < -0.3 is 0 Å². The second-order valence-corrected chi connectivity index (χ2v) is 9.06. The summed E-state index contributed by atoms with van der Waals surface area (Å²) < 4.78 is 2.80. The molecular formula is C19H18IOS+. The Morgan fingerprint density at radius 1 is 1.23 bits per heavy atom. The number of hydrogen-bond acceptors (Lipinski definition) is 2. The normalized spacial score (nSPS) is 17.8. The van der Waals surface area contributed by atoms with Crippen LogP contribution in [0.2, 0.25) is 0 Å². The van der Waals surface area contributed by atoms with Crippen molar-refractivity contribution in [3.8, 4) is 0 Å². The molecule has 1 aromatic heterocycles. The van der Waals surface area contributed by atoms with Gasteiger partial charge in [0.05, 0.1) is 10.5 Å². The lowest BCUT2D eigenvalue weighted by Crippen LogP contribution is -3.61. The van der Waals surface area contributed by atoms with Gasteiger partial charge in [0.25, 0.3) is 0 Å². The Morgan fingerprint density at radius 2 is 2.05 bits per heavy atom. The van der Waals surface area contributed by atoms with Crippen molar-refractivity contribution in [1.82, 2.24) is 0 Å². The van der Waals surface area contributed by atoms with E-state index in [0.29, 0.717) is 5.92 Å². The van der Waals surface area contributed by atoms with Crippen LogP contribution in [0.4, 0.5) is 0 Å². The number of hydrogen-bond donors (Lipinski definition) is 0. The van der Waals surface area contributed by atoms with E-state index in [1.54, 1.807) is 11.3 Å². The van der Waals surface area contributed by atoms with Crippen LogP contribution in [0, 0.1) is 9.49 Å². The van der Waals surface area contributed by atoms with Gasteiger partial charge in [-0.3, -0.25) is 4.79 Å². The van der Waals surface area contributed by atoms with E-state index in [9.17, 15) is 4.79 Å². The third-order valence-corrected chi connectivity index (χ3v) is 7.95. The van der Waals surface area contributed by atoms with Crippen LogP contribution in [0.5, 0.6) is 0 Å². The number of carbonyl (C=O) groups excluding carboxylic acids is 1. The van der Waals surface area contributed by atoms with Crippen molar-refractivity contribution in [2.45, 2.75) is 19.8 Å². The van der Waals surface area contributed by atoms with Crippen LogP contribution < -0.4 is 21.2 Å². The molecule has 1 aromatic carbocycles. The van der Waals surface area contributed by atoms with Crippen molar-refractivity contribution in [2.75, 3.05) is 0 Å². The summed E-state index contributed by atoms with van der Waals surface area (Å²) in [5.74, 6) is 0.670. The van der Waals surface area contributed by atoms with Gasteiger partial charge in [0.1, 0.15) is 0 Å². The van der Waals surface area contributed by atoms with Crippen molar-refractivity contribution in [3.63, 3.8) is 0 Å². The number of Topliss-reactive ketones (excluding diaryl/α,β-unsaturated/α-hetero) is 1. The molecule has 1 aliphatic carbocycles. The Morgan fingerprint density at radius 3 is 2.73 bits per heavy atom. The van der Waals surface area contributed by atoms with Crippen molar-refractivity contribution in [1.29, 1.82) is 0 Å². The molecule has 0 spiro atoms. The van der Waals surface area contributed by atoms with Gasteiger partial charge in [0.2, 0.25) is 5.78 Å². The van der Waals surface area contributed by atoms with E-state index < -0.39 is 0 Å². The molecule has 2 aromatic rings. The van der Waals surface area contributed by atoms with Gasteiger partial charge in [0.15, 0.2) is 7.15 Å². The predicted octanol–water partition coefficient (Wildman–Crippen LogP) is 2.13. The van der Waals surface area contributed by atoms with Crippen LogP contribution in [0.25, 0.3) is 0 Å². The number of rotatable bonds is 5. The maximum absolute atomic E-state index is 12.9. The topological polar surface area (TPSA) is 17.1 Å². The predicted molar refractivity (Wildman–Crippen MR) is 88.4 cm³/mol. The van der Waals surface area contributed by atoms with E-state index >= 15 is 0 Å². The maximum Gasteiger partial charge on any atom is 0.354 e. The number of allylic oxidation sites excluding steroid dienone is 4. The van der Waals surface area contributed by atoms with Gasteiger partial charge in [-0.05, 0) is 36.4 Å². The monoisotopic (exact) mass is 421 g/mol. The van der Waals surface area contributed by atoms with E-state index in [1.165, 1.54) is 7.15 Å². The third kappa shape index (κ3) is 3.41. The Kier molecular flexibility index (Phi) is 5.26. The fourth-order valence-electron chi connectivity index (χ4n) is 2.55. The van der Waals surface area contributed by atoms with Crippen LogP contribution in [0.15, 0.2) is 69.1 Å². The summed E-state index contributed by atoms with van der Waals surface area (Å²) in [5.41, 5.74) is 1.05. The second kappa shape index (κ2) is 7.38. The number of halogens is 1. The first-order valence-corrected chi connectivity index (χ1v) is 10.5. The molecule has 1 aliphatic rings. The van der Waals surface area contributed by atoms with Crippen molar-refractivity contribution < 1.29 is 26.0 Å². The third-order valence-electron chi connectivity index (χ3n) is 3.71. The quantitative estimate of drug-likeness (QED) is 0.411. The van der Waals surface area contributed by atoms with Gasteiger partial charge in [-0.1, -0.05) is 43.3 Å². The Labute approximate surface area is 146 Å². The summed E-state index contributed by atoms with van der Waals surface area (Å²) in [6.07, 6.45) is 6.32. The van der Waals surface area contributed by atoms with Crippen molar-refractivity contribution in [2.24, 2.45) is 5.92 Å². The van der Waals surface area contributed by atoms with Crippen LogP contribution in [0.1, 0.15) is 29.4 Å². The highest BCUT2D eigenvalue weighted by Crippen LogP contribution is 2.26. The van der Waals surface area contributed by atoms with Gasteiger partial charge >= 0.3 is 21.2 Å². The van der Waals surface area contributed by atoms with Crippen molar-refractivity contribution in [3.05, 3.63) is 77.6 Å². The molecule has 1 nitrogen and oxygen atoms in total. The smallest absolute Gasteiger partial charge is 0.288 e. The van der Waals surface area contributed by atoms with Gasteiger partial charge in [-0.25, -0.2) is 0 Å². The summed E-state index contributed by atoms with van der Waals surface area (Å²) in [6, 6.07) is 14.5. The lowest BCUT2D eigenvalue weighted by molar-refractivity contribution is -0.583. The van der Waals surface area contributed by atoms with E-state index in [0.717, 1.165) is 23.3 Å². The van der Waals surface area contributed by atoms with E-state index in [2.05, 4.69) is 49.4 Å². The van der Waals surface area contributed by atoms with Crippen LogP contribution in [-0.4, -0.2) is 5.78 Å². The molecule has 0 N–H and O–H groups in total. The number of carbonyl (C=O) groups is 1. The summed E-state index contributed by atoms with van der Waals surface area (Å²) in [4.78, 5) is 13.7. The number of thiophene rings is 1. The first kappa shape index (κ1) is 15.7. The van der Waals surface area contributed by atoms with Gasteiger partial charge in [0, 0.05) is 5.92 Å². The maximum atomic E-state index is 12.9. The zero-order chi connectivity index (χ0) is 15.4. The molecule has 112 valence electrons. The highest BCUT2D eigenvalue weighted by molar-refractivity contribution is 7.12. The fraction of sp³-hybridized carbons (Fsp3) is 0.211. The molecule has 3 rings (SSSR count). The molecule has 22 heavy (non-hydrogen) atoms. The lowest BCUT2D eigenvalue weighted by atomic mass is 9.92. The molecule has 0 saturated carbocycles. The average Bonchev–Trinajstić information content (AvgIpc) is 3.10. The molecule has 0 saturated heterocycles. The highest BCUT2D eigenvalue weighted by atomic mass is 127. The molecule has 0 fully saturated rings. The zero-order valence-electron chi connectivity index (χ0n) is 12.5. The van der Waals surface area contributed by atoms with Crippen molar-refractivity contribution >= 4 is 17.1 Å². The Hall–Kier alpha value is -1.20. The van der Waals surface area contributed by atoms with E-state index in [4.69, 9.17) is 0 Å². The van der Waals surface area contributed by atoms with E-state index in [1.807, 2.05) is 17.5 Å². The molecule has 0 aliphatic heterocycles. The summed E-state index contributed by atoms with van der Waals surface area (Å²) in [6.45, 7) is 2.21. The first-order valence-electron chi connectivity index (χ1n) is 7.47. The van der Waals surface area contributed by atoms with Crippen LogP contribution in [-0.2, 0) is 0 Å². The second-order valence-electron chi connectivity index (χ2n) is 5.17. The lowest BCUT2D eigenvalue weighted by Gasteiger charge is -2.14. The SMILES string of the molecule is CCC1C=CCC(C(=O)c2cccs2)=C1[I+]c1ccccc1. The molecular weight excluding hydrogens is 403 g/mol. The minimum absolute atomic E-state index is 0.239. The van der Waals surface area contributed by atoms with Gasteiger partial charge in [-0.2, -0.15) is 0 Å². The Bertz CT molecular complexity index is 698. The van der Waals surface area contributed by atoms with E-state index in [-0.39, 0.29) is 27.0 Å². The van der Waals surface area contributed by atoms with Crippen LogP contribution in [0.3, 0.4) is 0 Å². The summed E-state index contributed by atoms with van der Waals surface area (Å²) in [7, 11) is 0. The number of ketones is 1. The standard InChI is InChI=1S/C19H18IOS/c1-2-14-8-6-11-16(19(21)17-12-7-13-22-17)18(14)20-15-9-4-3-5-10-15/h3-10,12-14H,2,11H2,1H3/q+1. The largest absolute Gasteiger partial charge is 0.354 e. The molecule has 0 amide bonds. The number of benzene rings is 1. The molecule has 3 heteroatoms. The highest BCUT2D eigenvalue weighted by Gasteiger charge is 2.34. The first-order chi connectivity index (χ1) is 10.8. The minimum atomic E-state index is -0.280. The molecule has 0 radical (unpaired) electrons. The zero-order valence-corrected chi connectivity index (χ0v) is 15.4. The molecule has 1 unspecified atom stereocenters. The van der Waals surface area contributed by atoms with Gasteiger partial charge in [-0.15, -0.1) is 11.3 Å². The summed E-state index contributed by atoms with van der Waals surface area (Å²) >= 11 is 1.27. The molecule has 0 bridgehead atoms. The van der Waals surface area contributed by atoms with Crippen LogP contribution >= 0.6 is 11.3 Å². The minimum Gasteiger partial charge on any atom is -0.288 e. The fourth-order valence-corrected chi connectivity index (χ4v) is 6.53. The molecule has 1 heterocycles. The molecule has 1 atom stereocenters. The Balaban J connectivity index is 1.98.